The highest BCUT2D eigenvalue weighted by molar-refractivity contribution is 7.99. The Kier molecular flexibility index (Phi) is 7.25. The van der Waals surface area contributed by atoms with E-state index in [1.165, 1.54) is 98.6 Å². The van der Waals surface area contributed by atoms with Gasteiger partial charge in [0.15, 0.2) is 0 Å². The van der Waals surface area contributed by atoms with Gasteiger partial charge in [0.1, 0.15) is 0 Å². The summed E-state index contributed by atoms with van der Waals surface area (Å²) in [5.41, 5.74) is 19.5. The van der Waals surface area contributed by atoms with Gasteiger partial charge in [-0.2, -0.15) is 0 Å². The van der Waals surface area contributed by atoms with Gasteiger partial charge in [0.25, 0.3) is 0 Å². The van der Waals surface area contributed by atoms with Crippen LogP contribution in [0.25, 0.3) is 49.7 Å². The second-order valence-corrected chi connectivity index (χ2v) is 18.2. The Morgan fingerprint density at radius 1 is 0.443 bits per heavy atom. The molecule has 0 N–H and O–H groups in total. The molecule has 2 nitrogen and oxygen atoms in total. The van der Waals surface area contributed by atoms with Crippen LogP contribution in [0.15, 0.2) is 216 Å². The highest BCUT2D eigenvalue weighted by atomic mass is 32.2. The Balaban J connectivity index is 1.14. The van der Waals surface area contributed by atoms with Crippen molar-refractivity contribution in [2.75, 3.05) is 4.90 Å². The second-order valence-electron chi connectivity index (χ2n) is 17.2. The lowest BCUT2D eigenvalue weighted by molar-refractivity contribution is 0.660. The Morgan fingerprint density at radius 2 is 1.07 bits per heavy atom. The first kappa shape index (κ1) is 34.8. The van der Waals surface area contributed by atoms with E-state index < -0.39 is 5.41 Å². The molecule has 1 atom stereocenters. The van der Waals surface area contributed by atoms with Crippen LogP contribution in [0.4, 0.5) is 17.1 Å². The van der Waals surface area contributed by atoms with Gasteiger partial charge in [-0.1, -0.05) is 189 Å². The van der Waals surface area contributed by atoms with Gasteiger partial charge >= 0.3 is 0 Å². The number of nitrogens with zero attached hydrogens (tertiary/aromatic N) is 2. The monoisotopic (exact) mass is 796 g/mol. The van der Waals surface area contributed by atoms with E-state index in [-0.39, 0.29) is 5.41 Å². The van der Waals surface area contributed by atoms with E-state index >= 15 is 0 Å². The molecule has 1 unspecified atom stereocenters. The first-order chi connectivity index (χ1) is 30.0. The standard InChI is InChI=1S/C58H40N2S/c1-57(2)44-24-9-6-21-40(44)41-35-34-38(36-49(41)57)59(50-29-12-7-20-39(50)37-18-4-3-5-19-37)53-32-17-28-48-56(53)61-54-33-15-11-26-46(54)58(48)45-25-10-14-31-52(45)60-51-30-13-8-22-42(51)43-23-16-27-47(58)55(43)60/h3-36H,1-2H3. The first-order valence-electron chi connectivity index (χ1n) is 21.3. The van der Waals surface area contributed by atoms with Crippen molar-refractivity contribution in [2.45, 2.75) is 34.5 Å². The summed E-state index contributed by atoms with van der Waals surface area (Å²) >= 11 is 1.91. The number of hydrogen-bond acceptors (Lipinski definition) is 2. The van der Waals surface area contributed by atoms with E-state index in [1.54, 1.807) is 0 Å². The number of hydrogen-bond donors (Lipinski definition) is 0. The van der Waals surface area contributed by atoms with Crippen molar-refractivity contribution in [3.05, 3.63) is 240 Å². The third-order valence-electron chi connectivity index (χ3n) is 13.8. The summed E-state index contributed by atoms with van der Waals surface area (Å²) in [6.07, 6.45) is 0. The van der Waals surface area contributed by atoms with Crippen molar-refractivity contribution >= 4 is 50.6 Å². The molecule has 0 saturated carbocycles. The van der Waals surface area contributed by atoms with E-state index in [0.29, 0.717) is 0 Å². The molecule has 9 aromatic carbocycles. The molecule has 1 spiro atoms. The van der Waals surface area contributed by atoms with Crippen molar-refractivity contribution in [3.63, 3.8) is 0 Å². The SMILES string of the molecule is CC1(C)c2ccccc2-c2ccc(N(c3ccccc3-c3ccccc3)c3cccc4c3Sc3ccccc3C43c4ccccc4-n4c5ccccc5c5cccc3c54)cc21. The van der Waals surface area contributed by atoms with E-state index in [1.807, 2.05) is 11.8 Å². The molecule has 0 fully saturated rings. The fourth-order valence-corrected chi connectivity index (χ4v) is 12.6. The van der Waals surface area contributed by atoms with Gasteiger partial charge < -0.3 is 9.47 Å². The van der Waals surface area contributed by atoms with Crippen molar-refractivity contribution in [1.82, 2.24) is 4.57 Å². The van der Waals surface area contributed by atoms with E-state index in [2.05, 4.69) is 230 Å². The highest BCUT2D eigenvalue weighted by Crippen LogP contribution is 2.63. The van der Waals surface area contributed by atoms with Crippen molar-refractivity contribution in [1.29, 1.82) is 0 Å². The van der Waals surface area contributed by atoms with Crippen LogP contribution in [0, 0.1) is 0 Å². The summed E-state index contributed by atoms with van der Waals surface area (Å²) in [6, 6.07) is 77.3. The second kappa shape index (κ2) is 12.7. The van der Waals surface area contributed by atoms with Crippen molar-refractivity contribution < 1.29 is 0 Å². The van der Waals surface area contributed by atoms with Gasteiger partial charge in [-0.05, 0) is 92.5 Å². The van der Waals surface area contributed by atoms with E-state index in [9.17, 15) is 0 Å². The number of benzene rings is 9. The molecule has 61 heavy (non-hydrogen) atoms. The maximum Gasteiger partial charge on any atom is 0.0765 e. The molecule has 288 valence electrons. The molecular formula is C58H40N2S. The summed E-state index contributed by atoms with van der Waals surface area (Å²) in [7, 11) is 0. The highest BCUT2D eigenvalue weighted by Gasteiger charge is 2.50. The zero-order chi connectivity index (χ0) is 40.5. The lowest BCUT2D eigenvalue weighted by Gasteiger charge is -2.46. The predicted molar refractivity (Wildman–Crippen MR) is 254 cm³/mol. The summed E-state index contributed by atoms with van der Waals surface area (Å²) in [4.78, 5) is 5.10. The van der Waals surface area contributed by atoms with Crippen LogP contribution in [-0.2, 0) is 10.8 Å². The van der Waals surface area contributed by atoms with E-state index in [4.69, 9.17) is 0 Å². The number of anilines is 3. The van der Waals surface area contributed by atoms with Gasteiger partial charge in [0.2, 0.25) is 0 Å². The van der Waals surface area contributed by atoms with Gasteiger partial charge in [0, 0.05) is 37.2 Å². The Bertz CT molecular complexity index is 3450. The molecule has 0 amide bonds. The molecule has 13 rings (SSSR count). The summed E-state index contributed by atoms with van der Waals surface area (Å²) < 4.78 is 2.53. The average Bonchev–Trinajstić information content (AvgIpc) is 3.77. The van der Waals surface area contributed by atoms with Crippen LogP contribution in [0.2, 0.25) is 0 Å². The summed E-state index contributed by atoms with van der Waals surface area (Å²) in [5.74, 6) is 0. The maximum absolute atomic E-state index is 2.56. The lowest BCUT2D eigenvalue weighted by atomic mass is 9.62. The fraction of sp³-hybridized carbons (Fsp3) is 0.0690. The van der Waals surface area contributed by atoms with Gasteiger partial charge in [0.05, 0.1) is 33.5 Å². The first-order valence-corrected chi connectivity index (χ1v) is 22.1. The Labute approximate surface area is 360 Å². The molecule has 1 aliphatic carbocycles. The topological polar surface area (TPSA) is 8.17 Å². The zero-order valence-corrected chi connectivity index (χ0v) is 34.7. The van der Waals surface area contributed by atoms with Crippen LogP contribution in [0.5, 0.6) is 0 Å². The van der Waals surface area contributed by atoms with E-state index in [0.717, 1.165) is 11.4 Å². The van der Waals surface area contributed by atoms with Crippen molar-refractivity contribution in [3.8, 4) is 27.9 Å². The molecule has 0 saturated heterocycles. The summed E-state index contributed by atoms with van der Waals surface area (Å²) in [5, 5.41) is 2.57. The molecule has 0 bridgehead atoms. The number of para-hydroxylation sites is 4. The zero-order valence-electron chi connectivity index (χ0n) is 33.9. The number of aromatic nitrogens is 1. The minimum absolute atomic E-state index is 0.149. The van der Waals surface area contributed by atoms with Gasteiger partial charge in [-0.25, -0.2) is 0 Å². The van der Waals surface area contributed by atoms with Crippen LogP contribution in [0.1, 0.15) is 47.2 Å². The minimum atomic E-state index is -0.583. The smallest absolute Gasteiger partial charge is 0.0765 e. The quantitative estimate of drug-likeness (QED) is 0.175. The van der Waals surface area contributed by atoms with Gasteiger partial charge in [-0.15, -0.1) is 0 Å². The van der Waals surface area contributed by atoms with Crippen LogP contribution >= 0.6 is 11.8 Å². The molecule has 1 aromatic heterocycles. The largest absolute Gasteiger partial charge is 0.309 e. The Hall–Kier alpha value is -7.07. The summed E-state index contributed by atoms with van der Waals surface area (Å²) in [6.45, 7) is 4.76. The number of fused-ring (bicyclic) bond motifs is 14. The molecular weight excluding hydrogens is 757 g/mol. The molecule has 0 radical (unpaired) electrons. The molecule has 3 aliphatic rings. The predicted octanol–water partition coefficient (Wildman–Crippen LogP) is 15.4. The normalized spacial score (nSPS) is 16.2. The maximum atomic E-state index is 2.56. The third kappa shape index (κ3) is 4.59. The van der Waals surface area contributed by atoms with Crippen LogP contribution in [0.3, 0.4) is 0 Å². The van der Waals surface area contributed by atoms with Gasteiger partial charge in [-0.3, -0.25) is 0 Å². The lowest BCUT2D eigenvalue weighted by Crippen LogP contribution is -2.38. The Morgan fingerprint density at radius 3 is 1.95 bits per heavy atom. The van der Waals surface area contributed by atoms with Crippen LogP contribution < -0.4 is 4.90 Å². The average molecular weight is 797 g/mol. The molecule has 2 aliphatic heterocycles. The fourth-order valence-electron chi connectivity index (χ4n) is 11.3. The molecule has 3 heterocycles. The molecule has 3 heteroatoms. The third-order valence-corrected chi connectivity index (χ3v) is 15.1. The minimum Gasteiger partial charge on any atom is -0.309 e. The number of rotatable bonds is 4. The van der Waals surface area contributed by atoms with Crippen molar-refractivity contribution in [2.24, 2.45) is 0 Å². The molecule has 10 aromatic rings. The van der Waals surface area contributed by atoms with Crippen LogP contribution in [-0.4, -0.2) is 4.57 Å².